The zero-order chi connectivity index (χ0) is 16.6. The number of nitrogens with one attached hydrogen (secondary N) is 2. The molecule has 1 heterocycles. The van der Waals surface area contributed by atoms with Crippen LogP contribution in [0.1, 0.15) is 0 Å². The van der Waals surface area contributed by atoms with E-state index in [0.717, 1.165) is 6.07 Å². The van der Waals surface area contributed by atoms with E-state index in [2.05, 4.69) is 9.71 Å². The average Bonchev–Trinajstić information content (AvgIpc) is 2.93. The van der Waals surface area contributed by atoms with Crippen LogP contribution >= 0.6 is 11.6 Å². The summed E-state index contributed by atoms with van der Waals surface area (Å²) in [5.41, 5.74) is 0.429. The van der Waals surface area contributed by atoms with Crippen LogP contribution in [0.2, 0.25) is 5.02 Å². The van der Waals surface area contributed by atoms with Gasteiger partial charge in [0.25, 0.3) is 10.0 Å². The maximum absolute atomic E-state index is 13.8. The van der Waals surface area contributed by atoms with Gasteiger partial charge in [-0.05, 0) is 30.3 Å². The predicted molar refractivity (Wildman–Crippen MR) is 87.1 cm³/mol. The minimum absolute atomic E-state index is 0.0181. The van der Waals surface area contributed by atoms with Crippen LogP contribution in [0.15, 0.2) is 47.5 Å². The maximum Gasteiger partial charge on any atom is 0.264 e. The lowest BCUT2D eigenvalue weighted by Crippen LogP contribution is -2.13. The molecule has 0 aliphatic heterocycles. The third kappa shape index (κ3) is 2.97. The number of benzene rings is 2. The van der Waals surface area contributed by atoms with E-state index in [4.69, 9.17) is 16.3 Å². The lowest BCUT2D eigenvalue weighted by molar-refractivity contribution is 0.415. The molecular formula is C15H12ClFN2O3S. The normalized spacial score (nSPS) is 11.6. The van der Waals surface area contributed by atoms with Crippen LogP contribution in [-0.2, 0) is 10.0 Å². The Morgan fingerprint density at radius 2 is 2.00 bits per heavy atom. The van der Waals surface area contributed by atoms with E-state index < -0.39 is 15.8 Å². The molecule has 8 heteroatoms. The van der Waals surface area contributed by atoms with Crippen LogP contribution in [0, 0.1) is 5.82 Å². The van der Waals surface area contributed by atoms with Crippen molar-refractivity contribution in [2.45, 2.75) is 4.90 Å². The van der Waals surface area contributed by atoms with E-state index in [1.54, 1.807) is 18.2 Å². The summed E-state index contributed by atoms with van der Waals surface area (Å²) in [6.07, 6.45) is 1.35. The predicted octanol–water partition coefficient (Wildman–Crippen LogP) is 3.77. The highest BCUT2D eigenvalue weighted by molar-refractivity contribution is 7.93. The first-order chi connectivity index (χ1) is 10.9. The number of fused-ring (bicyclic) bond motifs is 1. The van der Waals surface area contributed by atoms with Crippen LogP contribution in [0.4, 0.5) is 10.1 Å². The number of aromatic amines is 1. The summed E-state index contributed by atoms with van der Waals surface area (Å²) in [5, 5.41) is 0.664. The Kier molecular flexibility index (Phi) is 3.91. The van der Waals surface area contributed by atoms with Gasteiger partial charge in [-0.2, -0.15) is 0 Å². The zero-order valence-corrected chi connectivity index (χ0v) is 13.5. The van der Waals surface area contributed by atoms with Gasteiger partial charge in [0, 0.05) is 22.7 Å². The summed E-state index contributed by atoms with van der Waals surface area (Å²) < 4.78 is 46.1. The molecule has 5 nitrogen and oxygen atoms in total. The fraction of sp³-hybridized carbons (Fsp3) is 0.0667. The van der Waals surface area contributed by atoms with Gasteiger partial charge in [-0.25, -0.2) is 12.8 Å². The van der Waals surface area contributed by atoms with Gasteiger partial charge in [0.2, 0.25) is 0 Å². The van der Waals surface area contributed by atoms with E-state index >= 15 is 0 Å². The van der Waals surface area contributed by atoms with Crippen LogP contribution in [0.5, 0.6) is 5.75 Å². The Bertz CT molecular complexity index is 986. The SMILES string of the molecule is COc1ccc2c(S(=O)(=O)Nc3ccc(Cl)cc3F)c[nH]c2c1. The van der Waals surface area contributed by atoms with Gasteiger partial charge in [0.05, 0.1) is 18.3 Å². The third-order valence-corrected chi connectivity index (χ3v) is 4.96. The number of aromatic nitrogens is 1. The second-order valence-electron chi connectivity index (χ2n) is 4.79. The molecule has 1 aromatic heterocycles. The highest BCUT2D eigenvalue weighted by Gasteiger charge is 2.20. The Morgan fingerprint density at radius 1 is 1.22 bits per heavy atom. The molecule has 0 saturated heterocycles. The second kappa shape index (κ2) is 5.75. The van der Waals surface area contributed by atoms with Crippen molar-refractivity contribution in [1.82, 2.24) is 4.98 Å². The molecule has 23 heavy (non-hydrogen) atoms. The molecule has 0 radical (unpaired) electrons. The van der Waals surface area contributed by atoms with E-state index in [1.807, 2.05) is 0 Å². The summed E-state index contributed by atoms with van der Waals surface area (Å²) in [6, 6.07) is 8.67. The van der Waals surface area contributed by atoms with Crippen molar-refractivity contribution in [3.8, 4) is 5.75 Å². The molecule has 120 valence electrons. The van der Waals surface area contributed by atoms with Gasteiger partial charge in [0.1, 0.15) is 16.5 Å². The molecule has 3 rings (SSSR count). The summed E-state index contributed by atoms with van der Waals surface area (Å²) in [6.45, 7) is 0. The molecule has 0 fully saturated rings. The minimum atomic E-state index is -3.96. The number of hydrogen-bond acceptors (Lipinski definition) is 3. The fourth-order valence-corrected chi connectivity index (χ4v) is 3.61. The van der Waals surface area contributed by atoms with Crippen molar-refractivity contribution >= 4 is 38.2 Å². The summed E-state index contributed by atoms with van der Waals surface area (Å²) >= 11 is 5.66. The average molecular weight is 355 g/mol. The Labute approximate surface area is 137 Å². The molecular weight excluding hydrogens is 343 g/mol. The molecule has 3 aromatic rings. The number of hydrogen-bond donors (Lipinski definition) is 2. The Morgan fingerprint density at radius 3 is 2.70 bits per heavy atom. The second-order valence-corrected chi connectivity index (χ2v) is 6.88. The van der Waals surface area contributed by atoms with Crippen LogP contribution in [0.3, 0.4) is 0 Å². The monoisotopic (exact) mass is 354 g/mol. The number of sulfonamides is 1. The number of anilines is 1. The maximum atomic E-state index is 13.8. The topological polar surface area (TPSA) is 71.2 Å². The zero-order valence-electron chi connectivity index (χ0n) is 11.9. The smallest absolute Gasteiger partial charge is 0.264 e. The van der Waals surface area contributed by atoms with Gasteiger partial charge in [-0.3, -0.25) is 4.72 Å². The van der Waals surface area contributed by atoms with Crippen molar-refractivity contribution < 1.29 is 17.5 Å². The molecule has 2 N–H and O–H groups in total. The van der Waals surface area contributed by atoms with Crippen molar-refractivity contribution in [3.05, 3.63) is 53.4 Å². The molecule has 0 amide bonds. The summed E-state index contributed by atoms with van der Waals surface area (Å²) in [5.74, 6) is -0.150. The van der Waals surface area contributed by atoms with Gasteiger partial charge in [-0.1, -0.05) is 11.6 Å². The molecule has 0 aliphatic rings. The first-order valence-electron chi connectivity index (χ1n) is 6.54. The summed E-state index contributed by atoms with van der Waals surface area (Å²) in [4.78, 5) is 2.88. The van der Waals surface area contributed by atoms with E-state index in [-0.39, 0.29) is 15.6 Å². The first-order valence-corrected chi connectivity index (χ1v) is 8.40. The molecule has 0 atom stereocenters. The van der Waals surface area contributed by atoms with E-state index in [0.29, 0.717) is 16.7 Å². The Hall–Kier alpha value is -2.25. The third-order valence-electron chi connectivity index (χ3n) is 3.32. The molecule has 0 aliphatic carbocycles. The van der Waals surface area contributed by atoms with Crippen molar-refractivity contribution in [2.75, 3.05) is 11.8 Å². The van der Waals surface area contributed by atoms with Gasteiger partial charge < -0.3 is 9.72 Å². The number of rotatable bonds is 4. The first kappa shape index (κ1) is 15.6. The molecule has 0 bridgehead atoms. The van der Waals surface area contributed by atoms with Gasteiger partial charge in [-0.15, -0.1) is 0 Å². The number of methoxy groups -OCH3 is 1. The highest BCUT2D eigenvalue weighted by Crippen LogP contribution is 2.28. The molecule has 0 unspecified atom stereocenters. The summed E-state index contributed by atoms with van der Waals surface area (Å²) in [7, 11) is -2.44. The number of H-pyrrole nitrogens is 1. The highest BCUT2D eigenvalue weighted by atomic mass is 35.5. The fourth-order valence-electron chi connectivity index (χ4n) is 2.20. The van der Waals surface area contributed by atoms with Crippen molar-refractivity contribution in [3.63, 3.8) is 0 Å². The molecule has 2 aromatic carbocycles. The van der Waals surface area contributed by atoms with E-state index in [1.165, 1.54) is 25.4 Å². The largest absolute Gasteiger partial charge is 0.497 e. The quantitative estimate of drug-likeness (QED) is 0.749. The van der Waals surface area contributed by atoms with E-state index in [9.17, 15) is 12.8 Å². The lowest BCUT2D eigenvalue weighted by Gasteiger charge is -2.08. The number of halogens is 2. The lowest BCUT2D eigenvalue weighted by atomic mass is 10.2. The van der Waals surface area contributed by atoms with Crippen molar-refractivity contribution in [1.29, 1.82) is 0 Å². The number of ether oxygens (including phenoxy) is 1. The van der Waals surface area contributed by atoms with Gasteiger partial charge in [0.15, 0.2) is 0 Å². The van der Waals surface area contributed by atoms with Crippen LogP contribution in [-0.4, -0.2) is 20.5 Å². The molecule has 0 saturated carbocycles. The van der Waals surface area contributed by atoms with Crippen LogP contribution in [0.25, 0.3) is 10.9 Å². The van der Waals surface area contributed by atoms with Gasteiger partial charge >= 0.3 is 0 Å². The molecule has 0 spiro atoms. The van der Waals surface area contributed by atoms with Crippen molar-refractivity contribution in [2.24, 2.45) is 0 Å². The van der Waals surface area contributed by atoms with Crippen LogP contribution < -0.4 is 9.46 Å². The minimum Gasteiger partial charge on any atom is -0.497 e. The standard InChI is InChI=1S/C15H12ClFN2O3S/c1-22-10-3-4-11-14(7-10)18-8-15(11)23(20,21)19-13-5-2-9(16)6-12(13)17/h2-8,18-19H,1H3. The Balaban J connectivity index is 2.02.